The normalized spacial score (nSPS) is 21.5. The molecule has 0 bridgehead atoms. The van der Waals surface area contributed by atoms with Crippen LogP contribution in [0.5, 0.6) is 11.5 Å². The van der Waals surface area contributed by atoms with E-state index in [0.29, 0.717) is 22.8 Å². The quantitative estimate of drug-likeness (QED) is 0.896. The van der Waals surface area contributed by atoms with Crippen LogP contribution in [0.2, 0.25) is 0 Å². The molecule has 2 rings (SSSR count). The minimum absolute atomic E-state index is 0.186. The third-order valence-electron chi connectivity index (χ3n) is 3.03. The Morgan fingerprint density at radius 3 is 2.68 bits per heavy atom. The minimum Gasteiger partial charge on any atom is -0.497 e. The number of hydrogen-bond acceptors (Lipinski definition) is 5. The zero-order chi connectivity index (χ0) is 14.0. The van der Waals surface area contributed by atoms with Crippen molar-refractivity contribution in [2.75, 3.05) is 14.2 Å². The second-order valence-electron chi connectivity index (χ2n) is 4.41. The number of rotatable bonds is 4. The van der Waals surface area contributed by atoms with Crippen LogP contribution in [-0.4, -0.2) is 36.6 Å². The Labute approximate surface area is 110 Å². The number of methoxy groups -OCH3 is 2. The highest BCUT2D eigenvalue weighted by atomic mass is 16.7. The number of carboxylic acids is 1. The number of carbonyl (C=O) groups is 1. The minimum atomic E-state index is -1.32. The number of nitrogens with zero attached hydrogens (tertiary/aromatic N) is 1. The smallest absolute Gasteiger partial charge is 0.351 e. The van der Waals surface area contributed by atoms with E-state index in [2.05, 4.69) is 5.16 Å². The Morgan fingerprint density at radius 1 is 1.42 bits per heavy atom. The van der Waals surface area contributed by atoms with Gasteiger partial charge in [-0.1, -0.05) is 5.16 Å². The van der Waals surface area contributed by atoms with Gasteiger partial charge in [0.15, 0.2) is 0 Å². The fraction of sp³-hybridized carbons (Fsp3) is 0.385. The number of carboxylic acid groups (broad SMARTS) is 1. The van der Waals surface area contributed by atoms with E-state index >= 15 is 0 Å². The van der Waals surface area contributed by atoms with Crippen molar-refractivity contribution >= 4 is 11.7 Å². The first kappa shape index (κ1) is 13.2. The van der Waals surface area contributed by atoms with Crippen LogP contribution in [0.25, 0.3) is 0 Å². The second kappa shape index (κ2) is 4.79. The predicted molar refractivity (Wildman–Crippen MR) is 67.8 cm³/mol. The van der Waals surface area contributed by atoms with Gasteiger partial charge in [-0.2, -0.15) is 0 Å². The van der Waals surface area contributed by atoms with Crippen molar-refractivity contribution in [3.63, 3.8) is 0 Å². The van der Waals surface area contributed by atoms with Crippen LogP contribution in [-0.2, 0) is 9.63 Å². The fourth-order valence-electron chi connectivity index (χ4n) is 1.84. The number of aliphatic carboxylic acids is 1. The Balaban J connectivity index is 2.32. The summed E-state index contributed by atoms with van der Waals surface area (Å²) >= 11 is 0. The number of ether oxygens (including phenoxy) is 2. The third kappa shape index (κ3) is 2.33. The summed E-state index contributed by atoms with van der Waals surface area (Å²) in [6.45, 7) is 1.49. The Hall–Kier alpha value is -2.24. The molecule has 1 aliphatic rings. The van der Waals surface area contributed by atoms with Crippen molar-refractivity contribution < 1.29 is 24.2 Å². The van der Waals surface area contributed by atoms with Gasteiger partial charge in [0.05, 0.1) is 19.9 Å². The lowest BCUT2D eigenvalue weighted by Crippen LogP contribution is -2.35. The van der Waals surface area contributed by atoms with Gasteiger partial charge in [0, 0.05) is 18.1 Å². The van der Waals surface area contributed by atoms with E-state index in [0.717, 1.165) is 0 Å². The van der Waals surface area contributed by atoms with Crippen LogP contribution >= 0.6 is 0 Å². The van der Waals surface area contributed by atoms with Crippen molar-refractivity contribution in [3.8, 4) is 11.5 Å². The van der Waals surface area contributed by atoms with Crippen molar-refractivity contribution in [3.05, 3.63) is 23.8 Å². The van der Waals surface area contributed by atoms with Gasteiger partial charge in [-0.3, -0.25) is 0 Å². The maximum atomic E-state index is 11.1. The molecule has 0 radical (unpaired) electrons. The lowest BCUT2D eigenvalue weighted by atomic mass is 9.95. The molecule has 0 spiro atoms. The number of benzene rings is 1. The van der Waals surface area contributed by atoms with Gasteiger partial charge >= 0.3 is 5.97 Å². The van der Waals surface area contributed by atoms with E-state index in [9.17, 15) is 4.79 Å². The summed E-state index contributed by atoms with van der Waals surface area (Å²) < 4.78 is 10.4. The molecule has 1 N–H and O–H groups in total. The second-order valence-corrected chi connectivity index (χ2v) is 4.41. The van der Waals surface area contributed by atoms with Gasteiger partial charge in [0.25, 0.3) is 0 Å². The standard InChI is InChI=1S/C13H15NO5/c1-13(12(15)16)7-10(14-19-13)9-5-4-8(17-2)6-11(9)18-3/h4-6H,7H2,1-3H3,(H,15,16)/t13-/m1/s1. The molecule has 1 heterocycles. The van der Waals surface area contributed by atoms with Crippen LogP contribution in [0.4, 0.5) is 0 Å². The van der Waals surface area contributed by atoms with Gasteiger partial charge < -0.3 is 19.4 Å². The molecule has 1 atom stereocenters. The molecule has 1 aromatic carbocycles. The zero-order valence-electron chi connectivity index (χ0n) is 11.0. The monoisotopic (exact) mass is 265 g/mol. The molecule has 0 amide bonds. The molecule has 19 heavy (non-hydrogen) atoms. The molecule has 1 aromatic rings. The summed E-state index contributed by atoms with van der Waals surface area (Å²) in [5, 5.41) is 13.0. The first-order valence-corrected chi connectivity index (χ1v) is 5.71. The molecule has 6 heteroatoms. The van der Waals surface area contributed by atoms with Crippen LogP contribution in [0.15, 0.2) is 23.4 Å². The van der Waals surface area contributed by atoms with Crippen molar-refractivity contribution in [1.82, 2.24) is 0 Å². The molecule has 1 aliphatic heterocycles. The van der Waals surface area contributed by atoms with Crippen LogP contribution in [0.3, 0.4) is 0 Å². The van der Waals surface area contributed by atoms with E-state index in [1.165, 1.54) is 14.0 Å². The number of hydrogen-bond donors (Lipinski definition) is 1. The topological polar surface area (TPSA) is 77.4 Å². The molecular formula is C13H15NO5. The van der Waals surface area contributed by atoms with Crippen LogP contribution in [0, 0.1) is 0 Å². The molecule has 0 aliphatic carbocycles. The summed E-state index contributed by atoms with van der Waals surface area (Å²) in [4.78, 5) is 16.1. The molecule has 0 unspecified atom stereocenters. The highest BCUT2D eigenvalue weighted by molar-refractivity contribution is 6.06. The lowest BCUT2D eigenvalue weighted by molar-refractivity contribution is -0.160. The van der Waals surface area contributed by atoms with E-state index in [4.69, 9.17) is 19.4 Å². The van der Waals surface area contributed by atoms with Gasteiger partial charge in [-0.15, -0.1) is 0 Å². The molecular weight excluding hydrogens is 250 g/mol. The Bertz CT molecular complexity index is 540. The van der Waals surface area contributed by atoms with E-state index < -0.39 is 11.6 Å². The van der Waals surface area contributed by atoms with Crippen LogP contribution in [0.1, 0.15) is 18.9 Å². The summed E-state index contributed by atoms with van der Waals surface area (Å²) in [5.74, 6) is 0.177. The lowest BCUT2D eigenvalue weighted by Gasteiger charge is -2.15. The van der Waals surface area contributed by atoms with Gasteiger partial charge in [0.2, 0.25) is 5.60 Å². The highest BCUT2D eigenvalue weighted by Crippen LogP contribution is 2.32. The summed E-state index contributed by atoms with van der Waals surface area (Å²) in [5.41, 5.74) is -0.0713. The van der Waals surface area contributed by atoms with E-state index in [1.807, 2.05) is 0 Å². The van der Waals surface area contributed by atoms with Crippen molar-refractivity contribution in [2.24, 2.45) is 5.16 Å². The molecule has 0 aromatic heterocycles. The first-order chi connectivity index (χ1) is 9.00. The molecule has 0 saturated carbocycles. The zero-order valence-corrected chi connectivity index (χ0v) is 11.0. The summed E-state index contributed by atoms with van der Waals surface area (Å²) in [7, 11) is 3.09. The Kier molecular flexibility index (Phi) is 3.33. The van der Waals surface area contributed by atoms with Crippen LogP contribution < -0.4 is 9.47 Å². The Morgan fingerprint density at radius 2 is 2.16 bits per heavy atom. The maximum absolute atomic E-state index is 11.1. The first-order valence-electron chi connectivity index (χ1n) is 5.71. The SMILES string of the molecule is COc1ccc(C2=NO[C@@](C)(C(=O)O)C2)c(OC)c1. The van der Waals surface area contributed by atoms with Crippen molar-refractivity contribution in [2.45, 2.75) is 18.9 Å². The molecule has 0 saturated heterocycles. The third-order valence-corrected chi connectivity index (χ3v) is 3.03. The van der Waals surface area contributed by atoms with E-state index in [1.54, 1.807) is 25.3 Å². The average molecular weight is 265 g/mol. The van der Waals surface area contributed by atoms with E-state index in [-0.39, 0.29) is 6.42 Å². The van der Waals surface area contributed by atoms with Crippen molar-refractivity contribution in [1.29, 1.82) is 0 Å². The summed E-state index contributed by atoms with van der Waals surface area (Å²) in [6, 6.07) is 5.25. The number of oxime groups is 1. The molecule has 6 nitrogen and oxygen atoms in total. The maximum Gasteiger partial charge on any atom is 0.351 e. The van der Waals surface area contributed by atoms with Gasteiger partial charge in [0.1, 0.15) is 11.5 Å². The van der Waals surface area contributed by atoms with Gasteiger partial charge in [-0.25, -0.2) is 4.79 Å². The van der Waals surface area contributed by atoms with Gasteiger partial charge in [-0.05, 0) is 19.1 Å². The predicted octanol–water partition coefficient (Wildman–Crippen LogP) is 1.67. The highest BCUT2D eigenvalue weighted by Gasteiger charge is 2.42. The fourth-order valence-corrected chi connectivity index (χ4v) is 1.84. The largest absolute Gasteiger partial charge is 0.497 e. The molecule has 0 fully saturated rings. The summed E-state index contributed by atoms with van der Waals surface area (Å²) in [6.07, 6.45) is 0.186. The average Bonchev–Trinajstić information content (AvgIpc) is 2.82. The molecule has 102 valence electrons.